The highest BCUT2D eigenvalue weighted by Crippen LogP contribution is 2.23. The fourth-order valence-corrected chi connectivity index (χ4v) is 2.04. The summed E-state index contributed by atoms with van der Waals surface area (Å²) in [5.74, 6) is -0.215. The number of nitrogens with one attached hydrogen (secondary N) is 1. The van der Waals surface area contributed by atoms with Crippen LogP contribution >= 0.6 is 11.6 Å². The van der Waals surface area contributed by atoms with Gasteiger partial charge in [0.1, 0.15) is 5.82 Å². The Balaban J connectivity index is 1.93. The minimum atomic E-state index is -0.215. The summed E-state index contributed by atoms with van der Waals surface area (Å²) in [6.45, 7) is 0.518. The zero-order chi connectivity index (χ0) is 12.5. The van der Waals surface area contributed by atoms with Crippen LogP contribution in [-0.4, -0.2) is 15.8 Å². The Morgan fingerprint density at radius 2 is 2.28 bits per heavy atom. The van der Waals surface area contributed by atoms with Crippen molar-refractivity contribution in [3.05, 3.63) is 47.0 Å². The minimum Gasteiger partial charge on any atom is -0.310 e. The first-order valence-corrected chi connectivity index (χ1v) is 6.33. The fourth-order valence-electron chi connectivity index (χ4n) is 1.90. The van der Waals surface area contributed by atoms with E-state index in [1.165, 1.54) is 18.9 Å². The highest BCUT2D eigenvalue weighted by atomic mass is 35.5. The molecule has 0 atom stereocenters. The van der Waals surface area contributed by atoms with Gasteiger partial charge < -0.3 is 5.32 Å². The first-order chi connectivity index (χ1) is 8.74. The Bertz CT molecular complexity index is 563. The van der Waals surface area contributed by atoms with Gasteiger partial charge in [-0.25, -0.2) is 9.07 Å². The van der Waals surface area contributed by atoms with Gasteiger partial charge >= 0.3 is 0 Å². The number of halogens is 2. The molecule has 1 aromatic heterocycles. The van der Waals surface area contributed by atoms with Crippen molar-refractivity contribution < 1.29 is 4.39 Å². The van der Waals surface area contributed by atoms with Gasteiger partial charge in [-0.1, -0.05) is 17.7 Å². The maximum atomic E-state index is 13.9. The van der Waals surface area contributed by atoms with Crippen LogP contribution in [0, 0.1) is 5.82 Å². The zero-order valence-electron chi connectivity index (χ0n) is 9.74. The van der Waals surface area contributed by atoms with E-state index in [9.17, 15) is 4.39 Å². The van der Waals surface area contributed by atoms with Crippen LogP contribution < -0.4 is 5.32 Å². The predicted molar refractivity (Wildman–Crippen MR) is 68.4 cm³/mol. The molecule has 1 N–H and O–H groups in total. The summed E-state index contributed by atoms with van der Waals surface area (Å²) in [5.41, 5.74) is 1.36. The van der Waals surface area contributed by atoms with E-state index in [-0.39, 0.29) is 5.82 Å². The smallest absolute Gasteiger partial charge is 0.129 e. The second-order valence-corrected chi connectivity index (χ2v) is 4.93. The number of benzene rings is 1. The lowest BCUT2D eigenvalue weighted by molar-refractivity contribution is 0.582. The first-order valence-electron chi connectivity index (χ1n) is 5.95. The summed E-state index contributed by atoms with van der Waals surface area (Å²) in [6, 6.07) is 5.54. The molecule has 2 aromatic rings. The summed E-state index contributed by atoms with van der Waals surface area (Å²) >= 11 is 5.85. The van der Waals surface area contributed by atoms with E-state index in [4.69, 9.17) is 11.6 Å². The molecule has 94 valence electrons. The SMILES string of the molecule is Fc1cccc(-n2cc(Cl)cn2)c1CNC1CC1. The molecule has 1 aliphatic carbocycles. The lowest BCUT2D eigenvalue weighted by Crippen LogP contribution is -2.18. The first kappa shape index (κ1) is 11.7. The van der Waals surface area contributed by atoms with Crippen LogP contribution in [-0.2, 0) is 6.54 Å². The van der Waals surface area contributed by atoms with Crippen LogP contribution in [0.2, 0.25) is 5.02 Å². The average Bonchev–Trinajstić information content (AvgIpc) is 3.08. The van der Waals surface area contributed by atoms with Crippen LogP contribution in [0.1, 0.15) is 18.4 Å². The van der Waals surface area contributed by atoms with E-state index in [0.717, 1.165) is 5.69 Å². The van der Waals surface area contributed by atoms with E-state index >= 15 is 0 Å². The van der Waals surface area contributed by atoms with Crippen molar-refractivity contribution in [2.45, 2.75) is 25.4 Å². The van der Waals surface area contributed by atoms with Gasteiger partial charge in [0.2, 0.25) is 0 Å². The van der Waals surface area contributed by atoms with Gasteiger partial charge in [0.15, 0.2) is 0 Å². The predicted octanol–water partition coefficient (Wildman–Crippen LogP) is 2.92. The summed E-state index contributed by atoms with van der Waals surface area (Å²) in [7, 11) is 0. The van der Waals surface area contributed by atoms with Gasteiger partial charge in [-0.2, -0.15) is 5.10 Å². The Kier molecular flexibility index (Phi) is 3.06. The Labute approximate surface area is 110 Å². The monoisotopic (exact) mass is 265 g/mol. The average molecular weight is 266 g/mol. The number of rotatable bonds is 4. The maximum Gasteiger partial charge on any atom is 0.129 e. The third kappa shape index (κ3) is 2.40. The number of aromatic nitrogens is 2. The molecule has 5 heteroatoms. The molecule has 3 nitrogen and oxygen atoms in total. The molecule has 0 unspecified atom stereocenters. The van der Waals surface area contributed by atoms with Crippen molar-refractivity contribution >= 4 is 11.6 Å². The van der Waals surface area contributed by atoms with Crippen molar-refractivity contribution in [1.82, 2.24) is 15.1 Å². The third-order valence-corrected chi connectivity index (χ3v) is 3.23. The molecule has 0 aliphatic heterocycles. The number of nitrogens with zero attached hydrogens (tertiary/aromatic N) is 2. The van der Waals surface area contributed by atoms with Crippen molar-refractivity contribution in [1.29, 1.82) is 0 Å². The van der Waals surface area contributed by atoms with Gasteiger partial charge in [-0.05, 0) is 25.0 Å². The summed E-state index contributed by atoms with van der Waals surface area (Å²) in [6.07, 6.45) is 5.58. The van der Waals surface area contributed by atoms with Crippen molar-refractivity contribution in [2.75, 3.05) is 0 Å². The Morgan fingerprint density at radius 1 is 1.44 bits per heavy atom. The summed E-state index contributed by atoms with van der Waals surface area (Å²) in [4.78, 5) is 0. The molecule has 0 spiro atoms. The third-order valence-electron chi connectivity index (χ3n) is 3.04. The van der Waals surface area contributed by atoms with Gasteiger partial charge in [-0.3, -0.25) is 0 Å². The molecular formula is C13H13ClFN3. The van der Waals surface area contributed by atoms with Crippen LogP contribution in [0.3, 0.4) is 0 Å². The number of hydrogen-bond donors (Lipinski definition) is 1. The van der Waals surface area contributed by atoms with Gasteiger partial charge in [0, 0.05) is 24.3 Å². The molecule has 0 amide bonds. The topological polar surface area (TPSA) is 29.9 Å². The van der Waals surface area contributed by atoms with Crippen LogP contribution in [0.15, 0.2) is 30.6 Å². The van der Waals surface area contributed by atoms with Crippen molar-refractivity contribution in [3.8, 4) is 5.69 Å². The van der Waals surface area contributed by atoms with Crippen LogP contribution in [0.25, 0.3) is 5.69 Å². The maximum absolute atomic E-state index is 13.9. The Morgan fingerprint density at radius 3 is 2.94 bits per heavy atom. The standard InChI is InChI=1S/C13H13ClFN3/c14-9-6-17-18(8-9)13-3-1-2-12(15)11(13)7-16-10-4-5-10/h1-3,6,8,10,16H,4-5,7H2. The van der Waals surface area contributed by atoms with Crippen LogP contribution in [0.4, 0.5) is 4.39 Å². The van der Waals surface area contributed by atoms with Crippen LogP contribution in [0.5, 0.6) is 0 Å². The molecule has 3 rings (SSSR count). The highest BCUT2D eigenvalue weighted by Gasteiger charge is 2.21. The lowest BCUT2D eigenvalue weighted by Gasteiger charge is -2.11. The molecule has 1 aromatic carbocycles. The minimum absolute atomic E-state index is 0.215. The summed E-state index contributed by atoms with van der Waals surface area (Å²) < 4.78 is 15.5. The number of hydrogen-bond acceptors (Lipinski definition) is 2. The van der Waals surface area contributed by atoms with Gasteiger partial charge in [0.25, 0.3) is 0 Å². The molecule has 1 heterocycles. The second kappa shape index (κ2) is 4.71. The molecule has 0 radical (unpaired) electrons. The Hall–Kier alpha value is -1.39. The normalized spacial score (nSPS) is 15.0. The largest absolute Gasteiger partial charge is 0.310 e. The second-order valence-electron chi connectivity index (χ2n) is 4.50. The van der Waals surface area contributed by atoms with Gasteiger partial charge in [-0.15, -0.1) is 0 Å². The fraction of sp³-hybridized carbons (Fsp3) is 0.308. The van der Waals surface area contributed by atoms with E-state index < -0.39 is 0 Å². The summed E-state index contributed by atoms with van der Waals surface area (Å²) in [5, 5.41) is 7.98. The molecule has 1 aliphatic rings. The van der Waals surface area contributed by atoms with E-state index in [2.05, 4.69) is 10.4 Å². The van der Waals surface area contributed by atoms with Gasteiger partial charge in [0.05, 0.1) is 16.9 Å². The van der Waals surface area contributed by atoms with E-state index in [0.29, 0.717) is 23.2 Å². The molecule has 1 fully saturated rings. The highest BCUT2D eigenvalue weighted by molar-refractivity contribution is 6.30. The molecular weight excluding hydrogens is 253 g/mol. The van der Waals surface area contributed by atoms with Crippen molar-refractivity contribution in [2.24, 2.45) is 0 Å². The lowest BCUT2D eigenvalue weighted by atomic mass is 10.1. The molecule has 1 saturated carbocycles. The van der Waals surface area contributed by atoms with E-state index in [1.807, 2.05) is 6.07 Å². The van der Waals surface area contributed by atoms with E-state index in [1.54, 1.807) is 23.1 Å². The van der Waals surface area contributed by atoms with Crippen molar-refractivity contribution in [3.63, 3.8) is 0 Å². The zero-order valence-corrected chi connectivity index (χ0v) is 10.5. The molecule has 0 saturated heterocycles. The molecule has 18 heavy (non-hydrogen) atoms. The molecule has 0 bridgehead atoms. The quantitative estimate of drug-likeness (QED) is 0.921.